The highest BCUT2D eigenvalue weighted by atomic mass is 79.9. The number of hydrogen-bond acceptors (Lipinski definition) is 5. The third-order valence-electron chi connectivity index (χ3n) is 5.51. The average Bonchev–Trinajstić information content (AvgIpc) is 2.88. The van der Waals surface area contributed by atoms with Crippen LogP contribution in [-0.2, 0) is 15.8 Å². The molecule has 0 aliphatic heterocycles. The van der Waals surface area contributed by atoms with Gasteiger partial charge in [-0.05, 0) is 95.0 Å². The maximum Gasteiger partial charge on any atom is 0.416 e. The summed E-state index contributed by atoms with van der Waals surface area (Å²) in [6.45, 7) is 3.58. The van der Waals surface area contributed by atoms with Gasteiger partial charge in [0.1, 0.15) is 11.6 Å². The number of ether oxygens (including phenoxy) is 2. The molecule has 2 N–H and O–H groups in total. The van der Waals surface area contributed by atoms with Crippen molar-refractivity contribution in [3.8, 4) is 17.6 Å². The van der Waals surface area contributed by atoms with E-state index in [1.54, 1.807) is 12.1 Å². The SMILES string of the molecule is COc1cc(/C=C(\C#N)C(=O)Nc2cccc(C(F)(F)F)c2)cc(Br)c1OCC(=O)Nc1ccc(C)c(C)c1. The number of carbonyl (C=O) groups excluding carboxylic acids is 2. The van der Waals surface area contributed by atoms with Crippen LogP contribution in [0.4, 0.5) is 24.5 Å². The monoisotopic (exact) mass is 601 g/mol. The lowest BCUT2D eigenvalue weighted by atomic mass is 10.1. The maximum atomic E-state index is 13.0. The molecule has 3 rings (SSSR count). The van der Waals surface area contributed by atoms with Crippen molar-refractivity contribution in [2.45, 2.75) is 20.0 Å². The van der Waals surface area contributed by atoms with Gasteiger partial charge in [0.2, 0.25) is 0 Å². The maximum absolute atomic E-state index is 13.0. The predicted molar refractivity (Wildman–Crippen MR) is 144 cm³/mol. The van der Waals surface area contributed by atoms with E-state index in [9.17, 15) is 28.0 Å². The molecule has 0 atom stereocenters. The molecule has 0 aliphatic rings. The molecule has 3 aromatic carbocycles. The molecule has 11 heteroatoms. The molecule has 0 aliphatic carbocycles. The van der Waals surface area contributed by atoms with Crippen molar-refractivity contribution < 1.29 is 32.2 Å². The van der Waals surface area contributed by atoms with Crippen molar-refractivity contribution >= 4 is 45.2 Å². The Kier molecular flexibility index (Phi) is 9.37. The number of benzene rings is 3. The van der Waals surface area contributed by atoms with Crippen molar-refractivity contribution in [2.75, 3.05) is 24.4 Å². The van der Waals surface area contributed by atoms with Gasteiger partial charge in [0.15, 0.2) is 18.1 Å². The van der Waals surface area contributed by atoms with E-state index in [1.807, 2.05) is 26.0 Å². The number of alkyl halides is 3. The van der Waals surface area contributed by atoms with Gasteiger partial charge in [-0.2, -0.15) is 18.4 Å². The van der Waals surface area contributed by atoms with Crippen molar-refractivity contribution in [1.82, 2.24) is 0 Å². The minimum Gasteiger partial charge on any atom is -0.493 e. The Morgan fingerprint density at radius 3 is 2.38 bits per heavy atom. The Morgan fingerprint density at radius 1 is 1.03 bits per heavy atom. The molecule has 202 valence electrons. The average molecular weight is 602 g/mol. The van der Waals surface area contributed by atoms with Gasteiger partial charge < -0.3 is 20.1 Å². The molecular formula is C28H23BrF3N3O4. The van der Waals surface area contributed by atoms with Crippen molar-refractivity contribution in [3.63, 3.8) is 0 Å². The number of nitrogens with zero attached hydrogens (tertiary/aromatic N) is 1. The highest BCUT2D eigenvalue weighted by molar-refractivity contribution is 9.10. The van der Waals surface area contributed by atoms with Crippen LogP contribution in [0.25, 0.3) is 6.08 Å². The van der Waals surface area contributed by atoms with Gasteiger partial charge in [0, 0.05) is 11.4 Å². The first kappa shape index (κ1) is 29.3. The normalized spacial score (nSPS) is 11.4. The van der Waals surface area contributed by atoms with Crippen molar-refractivity contribution in [2.24, 2.45) is 0 Å². The molecule has 0 fully saturated rings. The number of nitriles is 1. The van der Waals surface area contributed by atoms with E-state index in [1.165, 1.54) is 31.4 Å². The fraction of sp³-hybridized carbons (Fsp3) is 0.179. The number of anilines is 2. The smallest absolute Gasteiger partial charge is 0.416 e. The van der Waals surface area contributed by atoms with Crippen molar-refractivity contribution in [1.29, 1.82) is 5.26 Å². The molecule has 2 amide bonds. The number of nitrogens with one attached hydrogen (secondary N) is 2. The third-order valence-corrected chi connectivity index (χ3v) is 6.10. The zero-order valence-electron chi connectivity index (χ0n) is 21.1. The molecule has 0 spiro atoms. The van der Waals surface area contributed by atoms with Gasteiger partial charge in [-0.1, -0.05) is 12.1 Å². The van der Waals surface area contributed by atoms with Gasteiger partial charge >= 0.3 is 6.18 Å². The lowest BCUT2D eigenvalue weighted by molar-refractivity contribution is -0.137. The lowest BCUT2D eigenvalue weighted by Crippen LogP contribution is -2.20. The van der Waals surface area contributed by atoms with Crippen LogP contribution in [0.5, 0.6) is 11.5 Å². The molecule has 0 bridgehead atoms. The first-order valence-corrected chi connectivity index (χ1v) is 12.2. The number of amides is 2. The molecule has 0 aromatic heterocycles. The summed E-state index contributed by atoms with van der Waals surface area (Å²) in [6, 6.07) is 14.4. The molecule has 0 saturated carbocycles. The topological polar surface area (TPSA) is 100 Å². The summed E-state index contributed by atoms with van der Waals surface area (Å²) in [6.07, 6.45) is -3.34. The summed E-state index contributed by atoms with van der Waals surface area (Å²) in [7, 11) is 1.38. The van der Waals surface area contributed by atoms with E-state index in [4.69, 9.17) is 9.47 Å². The number of hydrogen-bond donors (Lipinski definition) is 2. The fourth-order valence-corrected chi connectivity index (χ4v) is 3.98. The van der Waals surface area contributed by atoms with E-state index in [0.29, 0.717) is 15.7 Å². The number of aryl methyl sites for hydroxylation is 2. The zero-order valence-corrected chi connectivity index (χ0v) is 22.7. The number of carbonyl (C=O) groups is 2. The summed E-state index contributed by atoms with van der Waals surface area (Å²) in [5.41, 5.74) is 1.71. The summed E-state index contributed by atoms with van der Waals surface area (Å²) in [4.78, 5) is 25.0. The van der Waals surface area contributed by atoms with E-state index in [-0.39, 0.29) is 29.4 Å². The summed E-state index contributed by atoms with van der Waals surface area (Å²) in [5, 5.41) is 14.5. The number of rotatable bonds is 8. The Hall–Kier alpha value is -4.30. The van der Waals surface area contributed by atoms with E-state index >= 15 is 0 Å². The van der Waals surface area contributed by atoms with Crippen LogP contribution >= 0.6 is 15.9 Å². The second-order valence-electron chi connectivity index (χ2n) is 8.37. The molecule has 39 heavy (non-hydrogen) atoms. The second kappa shape index (κ2) is 12.5. The summed E-state index contributed by atoms with van der Waals surface area (Å²) < 4.78 is 50.3. The Balaban J connectivity index is 1.74. The number of methoxy groups -OCH3 is 1. The zero-order chi connectivity index (χ0) is 28.7. The molecule has 0 radical (unpaired) electrons. The molecule has 0 saturated heterocycles. The largest absolute Gasteiger partial charge is 0.493 e. The van der Waals surface area contributed by atoms with E-state index in [2.05, 4.69) is 26.6 Å². The van der Waals surface area contributed by atoms with Gasteiger partial charge in [-0.3, -0.25) is 9.59 Å². The van der Waals surface area contributed by atoms with Crippen LogP contribution in [-0.4, -0.2) is 25.5 Å². The van der Waals surface area contributed by atoms with Gasteiger partial charge in [-0.25, -0.2) is 0 Å². The minimum absolute atomic E-state index is 0.113. The molecule has 7 nitrogen and oxygen atoms in total. The quantitative estimate of drug-likeness (QED) is 0.222. The Labute approximate surface area is 231 Å². The van der Waals surface area contributed by atoms with Crippen LogP contribution in [0, 0.1) is 25.2 Å². The van der Waals surface area contributed by atoms with Gasteiger partial charge in [-0.15, -0.1) is 0 Å². The fourth-order valence-electron chi connectivity index (χ4n) is 3.40. The first-order chi connectivity index (χ1) is 18.4. The molecule has 0 heterocycles. The highest BCUT2D eigenvalue weighted by Crippen LogP contribution is 2.37. The third kappa shape index (κ3) is 7.85. The first-order valence-electron chi connectivity index (χ1n) is 11.4. The van der Waals surface area contributed by atoms with Crippen LogP contribution in [0.2, 0.25) is 0 Å². The van der Waals surface area contributed by atoms with Gasteiger partial charge in [0.05, 0.1) is 17.1 Å². The predicted octanol–water partition coefficient (Wildman–Crippen LogP) is 6.66. The summed E-state index contributed by atoms with van der Waals surface area (Å²) >= 11 is 3.35. The Bertz CT molecular complexity index is 1480. The lowest BCUT2D eigenvalue weighted by Gasteiger charge is -2.14. The van der Waals surface area contributed by atoms with Crippen LogP contribution in [0.3, 0.4) is 0 Å². The summed E-state index contributed by atoms with van der Waals surface area (Å²) in [5.74, 6) is -0.855. The van der Waals surface area contributed by atoms with Gasteiger partial charge in [0.25, 0.3) is 11.8 Å². The van der Waals surface area contributed by atoms with Crippen LogP contribution in [0.1, 0.15) is 22.3 Å². The number of halogens is 4. The van der Waals surface area contributed by atoms with Crippen LogP contribution < -0.4 is 20.1 Å². The molecular weight excluding hydrogens is 579 g/mol. The van der Waals surface area contributed by atoms with Crippen molar-refractivity contribution in [3.05, 3.63) is 86.9 Å². The van der Waals surface area contributed by atoms with E-state index < -0.39 is 23.6 Å². The minimum atomic E-state index is -4.58. The molecule has 0 unspecified atom stereocenters. The molecule has 3 aromatic rings. The highest BCUT2D eigenvalue weighted by Gasteiger charge is 2.30. The Morgan fingerprint density at radius 2 is 1.74 bits per heavy atom. The van der Waals surface area contributed by atoms with E-state index in [0.717, 1.165) is 29.3 Å². The van der Waals surface area contributed by atoms with Crippen LogP contribution in [0.15, 0.2) is 64.6 Å². The second-order valence-corrected chi connectivity index (χ2v) is 9.23. The standard InChI is InChI=1S/C28H23BrF3N3O4/c1-16-7-8-22(9-17(16)2)34-25(36)15-39-26-23(29)11-18(12-24(26)38-3)10-19(14-33)27(37)35-21-6-4-5-20(13-21)28(30,31)32/h4-13H,15H2,1-3H3,(H,34,36)(H,35,37)/b19-10+.